The molecule has 1 N–H and O–H groups in total. The highest BCUT2D eigenvalue weighted by Crippen LogP contribution is 2.36. The maximum absolute atomic E-state index is 12.7. The molecule has 0 unspecified atom stereocenters. The van der Waals surface area contributed by atoms with Crippen molar-refractivity contribution >= 4 is 38.9 Å². The molecule has 0 radical (unpaired) electrons. The van der Waals surface area contributed by atoms with E-state index >= 15 is 0 Å². The molecule has 0 aliphatic carbocycles. The summed E-state index contributed by atoms with van der Waals surface area (Å²) in [6, 6.07) is 11.1. The van der Waals surface area contributed by atoms with Gasteiger partial charge < -0.3 is 5.11 Å². The Morgan fingerprint density at radius 3 is 2.33 bits per heavy atom. The molecule has 2 rings (SSSR count). The number of anilines is 1. The van der Waals surface area contributed by atoms with Crippen LogP contribution in [-0.4, -0.2) is 20.1 Å². The van der Waals surface area contributed by atoms with Gasteiger partial charge in [-0.2, -0.15) is 0 Å². The van der Waals surface area contributed by atoms with E-state index in [2.05, 4.69) is 0 Å². The van der Waals surface area contributed by atoms with Crippen molar-refractivity contribution in [1.29, 1.82) is 0 Å². The number of para-hydroxylation sites is 1. The van der Waals surface area contributed by atoms with Crippen LogP contribution in [0.4, 0.5) is 5.69 Å². The summed E-state index contributed by atoms with van der Waals surface area (Å²) >= 11 is 11.6. The number of halogens is 2. The number of aromatic hydroxyl groups is 1. The molecular weight excluding hydrogens is 333 g/mol. The van der Waals surface area contributed by atoms with Crippen molar-refractivity contribution in [1.82, 2.24) is 0 Å². The van der Waals surface area contributed by atoms with Crippen LogP contribution in [0.1, 0.15) is 6.92 Å². The Kier molecular flexibility index (Phi) is 4.66. The first-order valence-corrected chi connectivity index (χ1v) is 8.33. The predicted molar refractivity (Wildman–Crippen MR) is 84.8 cm³/mol. The van der Waals surface area contributed by atoms with Gasteiger partial charge >= 0.3 is 0 Å². The van der Waals surface area contributed by atoms with Crippen molar-refractivity contribution in [2.24, 2.45) is 0 Å². The number of benzene rings is 2. The normalized spacial score (nSPS) is 11.4. The van der Waals surface area contributed by atoms with Gasteiger partial charge in [-0.05, 0) is 31.2 Å². The van der Waals surface area contributed by atoms with E-state index < -0.39 is 15.8 Å². The van der Waals surface area contributed by atoms with Gasteiger partial charge in [-0.1, -0.05) is 41.4 Å². The fourth-order valence-electron chi connectivity index (χ4n) is 1.94. The molecule has 4 nitrogen and oxygen atoms in total. The fourth-order valence-corrected chi connectivity index (χ4v) is 4.16. The van der Waals surface area contributed by atoms with E-state index in [9.17, 15) is 13.5 Å². The molecule has 0 saturated carbocycles. The van der Waals surface area contributed by atoms with Crippen LogP contribution in [-0.2, 0) is 10.0 Å². The number of rotatable bonds is 4. The number of hydrogen-bond donors (Lipinski definition) is 1. The first kappa shape index (κ1) is 15.9. The van der Waals surface area contributed by atoms with Gasteiger partial charge in [0, 0.05) is 11.6 Å². The minimum Gasteiger partial charge on any atom is -0.505 e. The number of phenols is 1. The predicted octanol–water partition coefficient (Wildman–Crippen LogP) is 3.91. The summed E-state index contributed by atoms with van der Waals surface area (Å²) in [5.41, 5.74) is 0.496. The van der Waals surface area contributed by atoms with Gasteiger partial charge in [0.15, 0.2) is 5.75 Å². The van der Waals surface area contributed by atoms with Crippen molar-refractivity contribution < 1.29 is 13.5 Å². The highest BCUT2D eigenvalue weighted by molar-refractivity contribution is 7.93. The van der Waals surface area contributed by atoms with Crippen LogP contribution in [0.15, 0.2) is 47.4 Å². The van der Waals surface area contributed by atoms with Crippen LogP contribution in [0, 0.1) is 0 Å². The fraction of sp³-hybridized carbons (Fsp3) is 0.143. The van der Waals surface area contributed by atoms with E-state index in [4.69, 9.17) is 23.2 Å². The lowest BCUT2D eigenvalue weighted by Crippen LogP contribution is -2.30. The van der Waals surface area contributed by atoms with Crippen LogP contribution >= 0.6 is 23.2 Å². The number of hydrogen-bond acceptors (Lipinski definition) is 3. The van der Waals surface area contributed by atoms with E-state index in [0.717, 1.165) is 0 Å². The summed E-state index contributed by atoms with van der Waals surface area (Å²) in [6.45, 7) is 1.91. The van der Waals surface area contributed by atoms with Gasteiger partial charge in [-0.25, -0.2) is 8.42 Å². The molecule has 2 aromatic rings. The summed E-state index contributed by atoms with van der Waals surface area (Å²) in [7, 11) is -3.97. The van der Waals surface area contributed by atoms with E-state index in [0.29, 0.717) is 5.69 Å². The molecule has 112 valence electrons. The lowest BCUT2D eigenvalue weighted by Gasteiger charge is -2.23. The summed E-state index contributed by atoms with van der Waals surface area (Å²) in [6.07, 6.45) is 0. The highest BCUT2D eigenvalue weighted by Gasteiger charge is 2.28. The quantitative estimate of drug-likeness (QED) is 0.913. The molecule has 0 spiro atoms. The summed E-state index contributed by atoms with van der Waals surface area (Å²) in [5.74, 6) is -0.504. The van der Waals surface area contributed by atoms with Crippen molar-refractivity contribution in [3.05, 3.63) is 52.5 Å². The van der Waals surface area contributed by atoms with E-state index in [-0.39, 0.29) is 21.5 Å². The highest BCUT2D eigenvalue weighted by atomic mass is 35.5. The second-order valence-electron chi connectivity index (χ2n) is 4.24. The van der Waals surface area contributed by atoms with Crippen LogP contribution in [0.25, 0.3) is 0 Å². The Bertz CT molecular complexity index is 748. The molecule has 0 aliphatic rings. The maximum Gasteiger partial charge on any atom is 0.268 e. The third-order valence-corrected chi connectivity index (χ3v) is 5.32. The van der Waals surface area contributed by atoms with Crippen molar-refractivity contribution in [2.45, 2.75) is 11.8 Å². The van der Waals surface area contributed by atoms with Gasteiger partial charge in [0.1, 0.15) is 4.90 Å². The molecule has 0 fully saturated rings. The number of phenolic OH excluding ortho intramolecular Hbond substituents is 1. The zero-order chi connectivity index (χ0) is 15.6. The van der Waals surface area contributed by atoms with E-state index in [1.165, 1.54) is 16.4 Å². The van der Waals surface area contributed by atoms with E-state index in [1.54, 1.807) is 37.3 Å². The smallest absolute Gasteiger partial charge is 0.268 e. The van der Waals surface area contributed by atoms with Gasteiger partial charge in [0.2, 0.25) is 0 Å². The summed E-state index contributed by atoms with van der Waals surface area (Å²) in [5, 5.41) is 9.99. The van der Waals surface area contributed by atoms with Gasteiger partial charge in [0.25, 0.3) is 10.0 Å². The largest absolute Gasteiger partial charge is 0.505 e. The van der Waals surface area contributed by atoms with Crippen molar-refractivity contribution in [3.8, 4) is 5.75 Å². The minimum atomic E-state index is -3.97. The lowest BCUT2D eigenvalue weighted by molar-refractivity contribution is 0.459. The van der Waals surface area contributed by atoms with Crippen LogP contribution < -0.4 is 4.31 Å². The third kappa shape index (κ3) is 3.10. The molecule has 0 aromatic heterocycles. The summed E-state index contributed by atoms with van der Waals surface area (Å²) < 4.78 is 26.7. The van der Waals surface area contributed by atoms with Crippen LogP contribution in [0.5, 0.6) is 5.75 Å². The second kappa shape index (κ2) is 6.13. The van der Waals surface area contributed by atoms with Crippen LogP contribution in [0.2, 0.25) is 10.0 Å². The lowest BCUT2D eigenvalue weighted by atomic mass is 10.3. The molecule has 21 heavy (non-hydrogen) atoms. The van der Waals surface area contributed by atoms with Crippen molar-refractivity contribution in [2.75, 3.05) is 10.8 Å². The first-order valence-electron chi connectivity index (χ1n) is 6.13. The molecule has 0 aliphatic heterocycles. The Morgan fingerprint density at radius 1 is 1.14 bits per heavy atom. The zero-order valence-electron chi connectivity index (χ0n) is 11.1. The molecule has 0 amide bonds. The second-order valence-corrected chi connectivity index (χ2v) is 6.91. The molecule has 2 aromatic carbocycles. The average Bonchev–Trinajstić information content (AvgIpc) is 2.44. The molecule has 7 heteroatoms. The molecule has 0 saturated heterocycles. The molecular formula is C14H13Cl2NO3S. The zero-order valence-corrected chi connectivity index (χ0v) is 13.5. The third-order valence-electron chi connectivity index (χ3n) is 2.89. The average molecular weight is 346 g/mol. The SMILES string of the molecule is CCN(c1ccccc1)S(=O)(=O)c1cc(Cl)cc(Cl)c1O. The Morgan fingerprint density at radius 2 is 1.76 bits per heavy atom. The van der Waals surface area contributed by atoms with Crippen molar-refractivity contribution in [3.63, 3.8) is 0 Å². The van der Waals surface area contributed by atoms with Gasteiger partial charge in [0.05, 0.1) is 10.7 Å². The van der Waals surface area contributed by atoms with Gasteiger partial charge in [-0.3, -0.25) is 4.31 Å². The summed E-state index contributed by atoms with van der Waals surface area (Å²) in [4.78, 5) is -0.314. The molecule has 0 bridgehead atoms. The Hall–Kier alpha value is -1.43. The monoisotopic (exact) mass is 345 g/mol. The van der Waals surface area contributed by atoms with E-state index in [1.807, 2.05) is 0 Å². The number of sulfonamides is 1. The Labute approximate surface area is 133 Å². The molecule has 0 atom stereocenters. The topological polar surface area (TPSA) is 57.6 Å². The van der Waals surface area contributed by atoms with Gasteiger partial charge in [-0.15, -0.1) is 0 Å². The number of nitrogens with zero attached hydrogens (tertiary/aromatic N) is 1. The maximum atomic E-state index is 12.7. The first-order chi connectivity index (χ1) is 9.87. The standard InChI is InChI=1S/C14H13Cl2NO3S/c1-2-17(11-6-4-3-5-7-11)21(19,20)13-9-10(15)8-12(16)14(13)18/h3-9,18H,2H2,1H3. The Balaban J connectivity index is 2.61. The minimum absolute atomic E-state index is 0.106. The molecule has 0 heterocycles. The van der Waals surface area contributed by atoms with Crippen LogP contribution in [0.3, 0.4) is 0 Å².